The van der Waals surface area contributed by atoms with Crippen LogP contribution in [0.15, 0.2) is 53.6 Å². The molecule has 0 aliphatic carbocycles. The predicted molar refractivity (Wildman–Crippen MR) is 114 cm³/mol. The number of rotatable bonds is 7. The van der Waals surface area contributed by atoms with Crippen molar-refractivity contribution >= 4 is 20.9 Å². The quantitative estimate of drug-likeness (QED) is 0.440. The van der Waals surface area contributed by atoms with Crippen molar-refractivity contribution in [3.63, 3.8) is 0 Å². The van der Waals surface area contributed by atoms with Crippen LogP contribution in [0.3, 0.4) is 0 Å². The Morgan fingerprint density at radius 1 is 1.23 bits per heavy atom. The van der Waals surface area contributed by atoms with Crippen LogP contribution in [0.5, 0.6) is 0 Å². The number of aromatic amines is 1. The minimum Gasteiger partial charge on any atom is -0.378 e. The Labute approximate surface area is 178 Å². The second kappa shape index (κ2) is 8.64. The van der Waals surface area contributed by atoms with Crippen LogP contribution in [0.4, 0.5) is 8.78 Å². The maximum Gasteiger partial charge on any atom is 0.240 e. The summed E-state index contributed by atoms with van der Waals surface area (Å²) < 4.78 is 54.4. The van der Waals surface area contributed by atoms with E-state index in [1.807, 2.05) is 0 Å². The summed E-state index contributed by atoms with van der Waals surface area (Å²) >= 11 is 0. The van der Waals surface area contributed by atoms with Crippen LogP contribution >= 0.6 is 0 Å². The summed E-state index contributed by atoms with van der Waals surface area (Å²) in [6.45, 7) is 0.274. The van der Waals surface area contributed by atoms with E-state index < -0.39 is 28.5 Å². The van der Waals surface area contributed by atoms with Crippen LogP contribution in [0.25, 0.3) is 22.0 Å². The monoisotopic (exact) mass is 450 g/mol. The second-order valence-electron chi connectivity index (χ2n) is 7.72. The highest BCUT2D eigenvalue weighted by Crippen LogP contribution is 2.29. The molecule has 4 rings (SSSR count). The van der Waals surface area contributed by atoms with E-state index in [2.05, 4.69) is 9.71 Å². The predicted octanol–water partition coefficient (Wildman–Crippen LogP) is 1.94. The number of fused-ring (bicyclic) bond motifs is 1. The fraction of sp³-hybridized carbons (Fsp3) is 0.333. The number of nitrogens with zero attached hydrogens (tertiary/aromatic N) is 1. The molecule has 1 aromatic heterocycles. The molecule has 166 valence electrons. The first-order valence-corrected chi connectivity index (χ1v) is 11.4. The maximum absolute atomic E-state index is 13.5. The van der Waals surface area contributed by atoms with Crippen molar-refractivity contribution in [1.29, 1.82) is 0 Å². The number of H-pyrrole nitrogens is 1. The number of nitrogens with one attached hydrogen (secondary N) is 2. The molecule has 0 spiro atoms. The lowest BCUT2D eigenvalue weighted by atomic mass is 10.1. The first kappa shape index (κ1) is 21.8. The van der Waals surface area contributed by atoms with Gasteiger partial charge in [0.15, 0.2) is 0 Å². The summed E-state index contributed by atoms with van der Waals surface area (Å²) in [5.74, 6) is -0.337. The molecule has 1 aliphatic rings. The summed E-state index contributed by atoms with van der Waals surface area (Å²) in [5, 5.41) is 11.0. The third-order valence-corrected chi connectivity index (χ3v) is 7.03. The van der Waals surface area contributed by atoms with Crippen LogP contribution in [0.2, 0.25) is 0 Å². The summed E-state index contributed by atoms with van der Waals surface area (Å²) in [6, 6.07) is 10.2. The number of nitrogens with two attached hydrogens (primary N) is 1. The fourth-order valence-electron chi connectivity index (χ4n) is 3.80. The molecule has 0 radical (unpaired) electrons. The van der Waals surface area contributed by atoms with Gasteiger partial charge in [0.05, 0.1) is 4.90 Å². The Morgan fingerprint density at radius 3 is 2.65 bits per heavy atom. The van der Waals surface area contributed by atoms with Gasteiger partial charge in [0, 0.05) is 54.8 Å². The van der Waals surface area contributed by atoms with E-state index in [9.17, 15) is 22.3 Å². The Balaban J connectivity index is 1.39. The highest BCUT2D eigenvalue weighted by atomic mass is 32.2. The summed E-state index contributed by atoms with van der Waals surface area (Å²) in [6.07, 6.45) is -0.299. The van der Waals surface area contributed by atoms with E-state index in [1.165, 1.54) is 29.2 Å². The maximum atomic E-state index is 13.5. The molecule has 0 amide bonds. The van der Waals surface area contributed by atoms with Gasteiger partial charge in [-0.05, 0) is 35.9 Å². The molecule has 1 saturated heterocycles. The van der Waals surface area contributed by atoms with Gasteiger partial charge in [0.2, 0.25) is 10.0 Å². The molecular weight excluding hydrogens is 426 g/mol. The first-order valence-electron chi connectivity index (χ1n) is 9.93. The van der Waals surface area contributed by atoms with Crippen molar-refractivity contribution in [3.05, 3.63) is 54.5 Å². The molecule has 31 heavy (non-hydrogen) atoms. The van der Waals surface area contributed by atoms with Crippen molar-refractivity contribution in [2.75, 3.05) is 19.6 Å². The molecule has 3 atom stereocenters. The highest BCUT2D eigenvalue weighted by Gasteiger charge is 2.33. The van der Waals surface area contributed by atoms with Gasteiger partial charge in [-0.15, -0.1) is 0 Å². The first-order chi connectivity index (χ1) is 14.7. The van der Waals surface area contributed by atoms with Gasteiger partial charge >= 0.3 is 0 Å². The highest BCUT2D eigenvalue weighted by molar-refractivity contribution is 7.89. The summed E-state index contributed by atoms with van der Waals surface area (Å²) in [7, 11) is -3.77. The van der Waals surface area contributed by atoms with E-state index >= 15 is 0 Å². The number of alkyl halides is 1. The summed E-state index contributed by atoms with van der Waals surface area (Å²) in [5.41, 5.74) is 7.89. The lowest BCUT2D eigenvalue weighted by Crippen LogP contribution is -2.38. The Morgan fingerprint density at radius 2 is 1.97 bits per heavy atom. The normalized spacial score (nSPS) is 21.0. The minimum atomic E-state index is -3.77. The molecule has 1 unspecified atom stereocenters. The second-order valence-corrected chi connectivity index (χ2v) is 9.48. The molecular formula is C21H24F2N4O3S. The van der Waals surface area contributed by atoms with Crippen molar-refractivity contribution in [1.82, 2.24) is 14.6 Å². The molecule has 5 N–H and O–H groups in total. The zero-order valence-electron chi connectivity index (χ0n) is 16.6. The minimum absolute atomic E-state index is 0.00194. The van der Waals surface area contributed by atoms with Gasteiger partial charge in [-0.3, -0.25) is 4.90 Å². The molecule has 7 nitrogen and oxygen atoms in total. The van der Waals surface area contributed by atoms with Gasteiger partial charge < -0.3 is 15.8 Å². The third-order valence-electron chi connectivity index (χ3n) is 5.55. The average Bonchev–Trinajstić information content (AvgIpc) is 3.30. The number of hydrogen-bond acceptors (Lipinski definition) is 5. The molecule has 0 bridgehead atoms. The number of benzene rings is 2. The number of hydrogen-bond donors (Lipinski definition) is 4. The third kappa shape index (κ3) is 4.63. The van der Waals surface area contributed by atoms with Gasteiger partial charge in [0.1, 0.15) is 18.2 Å². The lowest BCUT2D eigenvalue weighted by Gasteiger charge is -2.22. The van der Waals surface area contributed by atoms with Crippen molar-refractivity contribution in [3.8, 4) is 11.1 Å². The number of aliphatic hydroxyl groups is 1. The van der Waals surface area contributed by atoms with Crippen molar-refractivity contribution in [2.24, 2.45) is 5.73 Å². The molecule has 2 aromatic carbocycles. The van der Waals surface area contributed by atoms with E-state index in [4.69, 9.17) is 5.73 Å². The SMILES string of the molecule is N[C@H]1CN(C(O)CCNS(=O)(=O)c2ccc(-c3c[nH]c4cc(F)ccc34)cc2)C[C@@H]1F. The van der Waals surface area contributed by atoms with Crippen LogP contribution in [0.1, 0.15) is 6.42 Å². The zero-order valence-corrected chi connectivity index (χ0v) is 17.4. The van der Waals surface area contributed by atoms with Crippen LogP contribution in [-0.4, -0.2) is 61.5 Å². The van der Waals surface area contributed by atoms with Gasteiger partial charge in [-0.25, -0.2) is 21.9 Å². The molecule has 1 aliphatic heterocycles. The van der Waals surface area contributed by atoms with Crippen molar-refractivity contribution < 1.29 is 22.3 Å². The van der Waals surface area contributed by atoms with E-state index in [0.717, 1.165) is 16.5 Å². The zero-order chi connectivity index (χ0) is 22.2. The van der Waals surface area contributed by atoms with E-state index in [0.29, 0.717) is 5.52 Å². The topological polar surface area (TPSA) is 111 Å². The van der Waals surface area contributed by atoms with Gasteiger partial charge in [-0.2, -0.15) is 0 Å². The molecule has 3 aromatic rings. The molecule has 1 fully saturated rings. The van der Waals surface area contributed by atoms with Crippen molar-refractivity contribution in [2.45, 2.75) is 29.8 Å². The Hall–Kier alpha value is -2.37. The van der Waals surface area contributed by atoms with Crippen LogP contribution in [-0.2, 0) is 10.0 Å². The number of sulfonamides is 1. The number of likely N-dealkylation sites (tertiary alicyclic amines) is 1. The van der Waals surface area contributed by atoms with Gasteiger partial charge in [0.25, 0.3) is 0 Å². The molecule has 0 saturated carbocycles. The lowest BCUT2D eigenvalue weighted by molar-refractivity contribution is 0.0112. The van der Waals surface area contributed by atoms with Gasteiger partial charge in [-0.1, -0.05) is 12.1 Å². The van der Waals surface area contributed by atoms with Crippen LogP contribution < -0.4 is 10.5 Å². The number of aromatic nitrogens is 1. The Bertz CT molecular complexity index is 1160. The smallest absolute Gasteiger partial charge is 0.240 e. The number of aliphatic hydroxyl groups excluding tert-OH is 1. The molecule has 2 heterocycles. The summed E-state index contributed by atoms with van der Waals surface area (Å²) in [4.78, 5) is 4.60. The standard InChI is InChI=1S/C21H24F2N4O3S/c22-14-3-6-16-17(10-25-20(16)9-14)13-1-4-15(5-2-13)31(29,30)26-8-7-21(28)27-11-18(23)19(24)12-27/h1-6,9-10,18-19,21,25-26,28H,7-8,11-12,24H2/t18-,19-,21?/m0/s1. The van der Waals surface area contributed by atoms with E-state index in [-0.39, 0.29) is 36.8 Å². The fourth-order valence-corrected chi connectivity index (χ4v) is 4.85. The van der Waals surface area contributed by atoms with Crippen LogP contribution in [0, 0.1) is 5.82 Å². The van der Waals surface area contributed by atoms with E-state index in [1.54, 1.807) is 24.4 Å². The number of halogens is 2. The average molecular weight is 451 g/mol. The molecule has 10 heteroatoms. The Kier molecular flexibility index (Phi) is 6.09. The largest absolute Gasteiger partial charge is 0.378 e.